The van der Waals surface area contributed by atoms with E-state index in [-0.39, 0.29) is 10.3 Å². The molecule has 0 spiro atoms. The molecule has 1 rings (SSSR count). The molecule has 0 aromatic heterocycles. The van der Waals surface area contributed by atoms with Crippen LogP contribution in [0.3, 0.4) is 0 Å². The van der Waals surface area contributed by atoms with Crippen LogP contribution in [0.25, 0.3) is 0 Å². The van der Waals surface area contributed by atoms with Gasteiger partial charge < -0.3 is 16.0 Å². The average molecular weight is 169 g/mol. The van der Waals surface area contributed by atoms with E-state index in [0.717, 1.165) is 5.57 Å². The average Bonchev–Trinajstić information content (AvgIpc) is 2.05. The Labute approximate surface area is 70.1 Å². The van der Waals surface area contributed by atoms with Gasteiger partial charge in [0.1, 0.15) is 0 Å². The molecule has 1 aliphatic heterocycles. The van der Waals surface area contributed by atoms with Crippen molar-refractivity contribution >= 4 is 0 Å². The molecule has 1 heterocycles. The summed E-state index contributed by atoms with van der Waals surface area (Å²) in [6.07, 6.45) is 6.91. The number of nitrogens with one attached hydrogen (secondary N) is 2. The van der Waals surface area contributed by atoms with Crippen LogP contribution < -0.4 is 5.32 Å². The fraction of sp³-hybridized carbons (Fsp3) is 0.143. The molecule has 5 heteroatoms. The van der Waals surface area contributed by atoms with Crippen molar-refractivity contribution in [3.8, 4) is 0 Å². The first-order valence-corrected chi connectivity index (χ1v) is 3.20. The Kier molecular flexibility index (Phi) is 3.72. The molecule has 0 unspecified atom stereocenters. The molecule has 0 radical (unpaired) electrons. The number of hydrogen-bond donors (Lipinski definition) is 2. The highest BCUT2D eigenvalue weighted by Crippen LogP contribution is 2.09. The largest absolute Gasteiger partial charge is 0.595 e. The third kappa shape index (κ3) is 2.21. The van der Waals surface area contributed by atoms with Gasteiger partial charge in [-0.3, -0.25) is 0 Å². The highest BCUT2D eigenvalue weighted by molar-refractivity contribution is 5.34. The second-order valence-corrected chi connectivity index (χ2v) is 2.17. The van der Waals surface area contributed by atoms with Gasteiger partial charge in [0.2, 0.25) is 5.70 Å². The summed E-state index contributed by atoms with van der Waals surface area (Å²) < 4.78 is 0. The molecule has 0 atom stereocenters. The molecule has 5 nitrogen and oxygen atoms in total. The first-order chi connectivity index (χ1) is 5.22. The number of hydrogen-bond acceptors (Lipinski definition) is 3. The Morgan fingerprint density at radius 2 is 2.00 bits per heavy atom. The summed E-state index contributed by atoms with van der Waals surface area (Å²) in [5, 5.41) is 13.3. The van der Waals surface area contributed by atoms with Gasteiger partial charge in [-0.25, -0.2) is 0 Å². The maximum absolute atomic E-state index is 10.5. The summed E-state index contributed by atoms with van der Waals surface area (Å²) in [4.78, 5) is 0.106. The molecule has 0 bridgehead atoms. The zero-order valence-corrected chi connectivity index (χ0v) is 6.66. The molecule has 0 aromatic carbocycles. The topological polar surface area (TPSA) is 93.5 Å². The molecule has 1 aliphatic rings. The van der Waals surface area contributed by atoms with Crippen LogP contribution >= 0.6 is 0 Å². The van der Waals surface area contributed by atoms with E-state index in [0.29, 0.717) is 5.70 Å². The molecular formula is C7H11N3O2. The van der Waals surface area contributed by atoms with Gasteiger partial charge in [0.25, 0.3) is 0 Å². The van der Waals surface area contributed by atoms with Crippen molar-refractivity contribution in [1.82, 2.24) is 5.32 Å². The number of hydroxylamine groups is 1. The molecule has 0 fully saturated rings. The summed E-state index contributed by atoms with van der Waals surface area (Å²) >= 11 is 0. The van der Waals surface area contributed by atoms with E-state index in [1.165, 1.54) is 0 Å². The maximum atomic E-state index is 10.5. The van der Waals surface area contributed by atoms with E-state index >= 15 is 0 Å². The minimum atomic E-state index is 0. The number of nitrogens with zero attached hydrogens (tertiary/aromatic N) is 1. The van der Waals surface area contributed by atoms with Crippen molar-refractivity contribution < 1.29 is 10.3 Å². The monoisotopic (exact) mass is 169 g/mol. The standard InChI is InChI=1S/C7H9N3O.H2O/c1-6(10(8)11)7-2-4-9-5-3-7;/h2-5,8-9H,1H3;1H2. The third-order valence-corrected chi connectivity index (χ3v) is 1.44. The lowest BCUT2D eigenvalue weighted by Gasteiger charge is -2.03. The number of rotatable bonds is 1. The lowest BCUT2D eigenvalue weighted by atomic mass is 10.2. The zero-order chi connectivity index (χ0) is 8.27. The lowest BCUT2D eigenvalue weighted by molar-refractivity contribution is -0.501. The number of dihydropyridines is 1. The van der Waals surface area contributed by atoms with Gasteiger partial charge in [0.05, 0.1) is 0 Å². The normalized spacial score (nSPS) is 13.2. The Balaban J connectivity index is 0.00000121. The SMILES string of the molecule is CC(=C1C=CNC=C1)[N+](=N)[O-].O. The van der Waals surface area contributed by atoms with Crippen molar-refractivity contribution in [3.05, 3.63) is 41.0 Å². The molecule has 4 N–H and O–H groups in total. The Morgan fingerprint density at radius 3 is 2.42 bits per heavy atom. The minimum Gasteiger partial charge on any atom is -0.595 e. The summed E-state index contributed by atoms with van der Waals surface area (Å²) in [6.45, 7) is 1.61. The van der Waals surface area contributed by atoms with E-state index in [9.17, 15) is 5.21 Å². The van der Waals surface area contributed by atoms with Crippen LogP contribution in [-0.2, 0) is 0 Å². The van der Waals surface area contributed by atoms with Crippen LogP contribution in [-0.4, -0.2) is 10.3 Å². The Hall–Kier alpha value is -1.62. The van der Waals surface area contributed by atoms with Crippen LogP contribution in [0.1, 0.15) is 6.92 Å². The van der Waals surface area contributed by atoms with E-state index in [1.54, 1.807) is 31.5 Å². The van der Waals surface area contributed by atoms with Crippen molar-refractivity contribution in [2.45, 2.75) is 6.92 Å². The van der Waals surface area contributed by atoms with E-state index in [1.807, 2.05) is 0 Å². The van der Waals surface area contributed by atoms with Gasteiger partial charge in [-0.15, -0.1) is 0 Å². The fourth-order valence-corrected chi connectivity index (χ4v) is 0.745. The summed E-state index contributed by atoms with van der Waals surface area (Å²) in [6, 6.07) is 0. The molecule has 0 aromatic rings. The molecule has 0 saturated carbocycles. The van der Waals surface area contributed by atoms with Crippen molar-refractivity contribution in [2.24, 2.45) is 0 Å². The van der Waals surface area contributed by atoms with E-state index in [4.69, 9.17) is 5.53 Å². The van der Waals surface area contributed by atoms with Crippen LogP contribution in [0.15, 0.2) is 35.8 Å². The van der Waals surface area contributed by atoms with Gasteiger partial charge in [-0.05, 0) is 17.7 Å². The second-order valence-electron chi connectivity index (χ2n) is 2.17. The van der Waals surface area contributed by atoms with Gasteiger partial charge in [-0.2, -0.15) is 0 Å². The molecular weight excluding hydrogens is 158 g/mol. The summed E-state index contributed by atoms with van der Waals surface area (Å²) in [5.74, 6) is 0. The smallest absolute Gasteiger partial charge is 0.225 e. The first kappa shape index (κ1) is 10.4. The molecule has 0 amide bonds. The third-order valence-electron chi connectivity index (χ3n) is 1.44. The minimum absolute atomic E-state index is 0. The van der Waals surface area contributed by atoms with Gasteiger partial charge in [0.15, 0.2) is 0 Å². The van der Waals surface area contributed by atoms with Crippen LogP contribution in [0.2, 0.25) is 0 Å². The van der Waals surface area contributed by atoms with Crippen molar-refractivity contribution in [3.63, 3.8) is 0 Å². The quantitative estimate of drug-likeness (QED) is 0.342. The summed E-state index contributed by atoms with van der Waals surface area (Å²) in [5.41, 5.74) is 7.90. The first-order valence-electron chi connectivity index (χ1n) is 3.20. The predicted octanol–water partition coefficient (Wildman–Crippen LogP) is 0.608. The fourth-order valence-electron chi connectivity index (χ4n) is 0.745. The van der Waals surface area contributed by atoms with Crippen LogP contribution in [0.4, 0.5) is 0 Å². The highest BCUT2D eigenvalue weighted by atomic mass is 16.5. The van der Waals surface area contributed by atoms with Crippen LogP contribution in [0.5, 0.6) is 0 Å². The van der Waals surface area contributed by atoms with E-state index < -0.39 is 0 Å². The zero-order valence-electron chi connectivity index (χ0n) is 6.66. The predicted molar refractivity (Wildman–Crippen MR) is 44.1 cm³/mol. The Morgan fingerprint density at radius 1 is 1.50 bits per heavy atom. The maximum Gasteiger partial charge on any atom is 0.225 e. The molecule has 0 aliphatic carbocycles. The molecule has 66 valence electrons. The molecule has 12 heavy (non-hydrogen) atoms. The Bertz CT molecular complexity index is 252. The highest BCUT2D eigenvalue weighted by Gasteiger charge is 2.04. The van der Waals surface area contributed by atoms with Crippen molar-refractivity contribution in [1.29, 1.82) is 5.53 Å². The van der Waals surface area contributed by atoms with Crippen LogP contribution in [0, 0.1) is 10.7 Å². The summed E-state index contributed by atoms with van der Waals surface area (Å²) in [7, 11) is 0. The van der Waals surface area contributed by atoms with E-state index in [2.05, 4.69) is 5.32 Å². The van der Waals surface area contributed by atoms with Gasteiger partial charge in [0, 0.05) is 24.9 Å². The lowest BCUT2D eigenvalue weighted by Crippen LogP contribution is -2.02. The van der Waals surface area contributed by atoms with Gasteiger partial charge >= 0.3 is 0 Å². The second kappa shape index (κ2) is 4.30. The van der Waals surface area contributed by atoms with Crippen molar-refractivity contribution in [2.75, 3.05) is 0 Å². The molecule has 0 saturated heterocycles. The number of allylic oxidation sites excluding steroid dienone is 4. The van der Waals surface area contributed by atoms with Gasteiger partial charge in [-0.1, -0.05) is 4.86 Å².